The number of hydrogen-bond acceptors (Lipinski definition) is 3. The van der Waals surface area contributed by atoms with Crippen molar-refractivity contribution >= 4 is 51.3 Å². The molecular formula is C24H23N3O2S. The summed E-state index contributed by atoms with van der Waals surface area (Å²) in [5, 5.41) is 11.1. The Morgan fingerprint density at radius 1 is 1.00 bits per heavy atom. The number of hydrogen-bond donors (Lipinski definition) is 3. The molecule has 0 heterocycles. The summed E-state index contributed by atoms with van der Waals surface area (Å²) in [6.07, 6.45) is 2.14. The first-order valence-corrected chi connectivity index (χ1v) is 10.4. The predicted octanol–water partition coefficient (Wildman–Crippen LogP) is 4.55. The smallest absolute Gasteiger partial charge is 0.230 e. The van der Waals surface area contributed by atoms with E-state index in [0.29, 0.717) is 5.69 Å². The number of carbonyl (C=O) groups excluding carboxylic acids is 2. The number of carbonyl (C=O) groups is 2. The van der Waals surface area contributed by atoms with Crippen LogP contribution in [0.4, 0.5) is 11.4 Å². The molecule has 1 aliphatic carbocycles. The van der Waals surface area contributed by atoms with E-state index in [1.165, 1.54) is 0 Å². The summed E-state index contributed by atoms with van der Waals surface area (Å²) in [6.45, 7) is 1.94. The van der Waals surface area contributed by atoms with Gasteiger partial charge in [0.05, 0.1) is 6.42 Å². The van der Waals surface area contributed by atoms with Crippen molar-refractivity contribution in [1.29, 1.82) is 0 Å². The van der Waals surface area contributed by atoms with Gasteiger partial charge < -0.3 is 16.0 Å². The van der Waals surface area contributed by atoms with E-state index >= 15 is 0 Å². The van der Waals surface area contributed by atoms with Crippen LogP contribution in [0.1, 0.15) is 24.0 Å². The van der Waals surface area contributed by atoms with Crippen LogP contribution in [0.25, 0.3) is 10.8 Å². The van der Waals surface area contributed by atoms with E-state index in [-0.39, 0.29) is 29.3 Å². The fourth-order valence-electron chi connectivity index (χ4n) is 3.37. The number of nitrogens with one attached hydrogen (secondary N) is 3. The molecule has 1 aliphatic rings. The maximum absolute atomic E-state index is 12.5. The topological polar surface area (TPSA) is 70.2 Å². The highest BCUT2D eigenvalue weighted by atomic mass is 32.1. The number of amides is 2. The molecule has 5 nitrogen and oxygen atoms in total. The lowest BCUT2D eigenvalue weighted by atomic mass is 10.0. The zero-order valence-electron chi connectivity index (χ0n) is 16.7. The Kier molecular flexibility index (Phi) is 5.77. The molecule has 0 radical (unpaired) electrons. The third kappa shape index (κ3) is 4.83. The number of benzene rings is 3. The monoisotopic (exact) mass is 417 g/mol. The van der Waals surface area contributed by atoms with Crippen LogP contribution < -0.4 is 16.0 Å². The fraction of sp³-hybridized carbons (Fsp3) is 0.208. The molecule has 152 valence electrons. The van der Waals surface area contributed by atoms with E-state index in [0.717, 1.165) is 40.4 Å². The molecular weight excluding hydrogens is 394 g/mol. The van der Waals surface area contributed by atoms with Crippen molar-refractivity contribution in [3.05, 3.63) is 71.8 Å². The molecule has 3 aromatic rings. The highest BCUT2D eigenvalue weighted by molar-refractivity contribution is 7.80. The third-order valence-corrected chi connectivity index (χ3v) is 5.39. The lowest BCUT2D eigenvalue weighted by Gasteiger charge is -2.13. The van der Waals surface area contributed by atoms with Crippen LogP contribution in [0.5, 0.6) is 0 Å². The Hall–Kier alpha value is -3.25. The molecule has 0 aliphatic heterocycles. The van der Waals surface area contributed by atoms with Crippen LogP contribution in [-0.4, -0.2) is 16.9 Å². The minimum atomic E-state index is -0.182. The molecule has 0 aromatic heterocycles. The van der Waals surface area contributed by atoms with Crippen LogP contribution >= 0.6 is 12.2 Å². The van der Waals surface area contributed by atoms with Gasteiger partial charge >= 0.3 is 0 Å². The van der Waals surface area contributed by atoms with Crippen molar-refractivity contribution < 1.29 is 9.59 Å². The molecule has 3 aromatic carbocycles. The molecule has 0 spiro atoms. The molecule has 6 heteroatoms. The summed E-state index contributed by atoms with van der Waals surface area (Å²) in [5.41, 5.74) is 3.39. The van der Waals surface area contributed by atoms with Crippen molar-refractivity contribution in [2.75, 3.05) is 10.6 Å². The number of anilines is 2. The summed E-state index contributed by atoms with van der Waals surface area (Å²) in [4.78, 5) is 24.6. The van der Waals surface area contributed by atoms with E-state index in [1.54, 1.807) is 0 Å². The summed E-state index contributed by atoms with van der Waals surface area (Å²) < 4.78 is 0. The molecule has 0 saturated heterocycles. The predicted molar refractivity (Wildman–Crippen MR) is 125 cm³/mol. The molecule has 0 unspecified atom stereocenters. The highest BCUT2D eigenvalue weighted by Gasteiger charge is 2.29. The molecule has 3 N–H and O–H groups in total. The number of aryl methyl sites for hydroxylation is 1. The molecule has 0 atom stereocenters. The Morgan fingerprint density at radius 2 is 1.77 bits per heavy atom. The van der Waals surface area contributed by atoms with Gasteiger partial charge in [-0.05, 0) is 66.0 Å². The zero-order valence-corrected chi connectivity index (χ0v) is 17.5. The Bertz CT molecular complexity index is 1130. The van der Waals surface area contributed by atoms with E-state index < -0.39 is 0 Å². The lowest BCUT2D eigenvalue weighted by Crippen LogP contribution is -2.35. The molecule has 2 amide bonds. The second kappa shape index (κ2) is 8.63. The van der Waals surface area contributed by atoms with Crippen molar-refractivity contribution in [3.63, 3.8) is 0 Å². The number of fused-ring (bicyclic) bond motifs is 1. The molecule has 30 heavy (non-hydrogen) atoms. The van der Waals surface area contributed by atoms with Crippen LogP contribution in [0.2, 0.25) is 0 Å². The summed E-state index contributed by atoms with van der Waals surface area (Å²) in [6, 6.07) is 19.5. The zero-order chi connectivity index (χ0) is 21.1. The minimum Gasteiger partial charge on any atom is -0.332 e. The average molecular weight is 418 g/mol. The molecule has 1 saturated carbocycles. The standard InChI is InChI=1S/C24H23N3O2S/c1-15-9-12-19(14-21(15)26-23(29)17-10-11-17)25-24(30)27-22(28)13-18-7-4-6-16-5-2-3-8-20(16)18/h2-9,12,14,17H,10-11,13H2,1H3,(H,26,29)(H2,25,27,28,30). The van der Waals surface area contributed by atoms with Gasteiger partial charge in [-0.3, -0.25) is 9.59 Å². The first-order chi connectivity index (χ1) is 14.5. The molecule has 0 bridgehead atoms. The summed E-state index contributed by atoms with van der Waals surface area (Å²) in [5.74, 6) is 0.00916. The van der Waals surface area contributed by atoms with Crippen LogP contribution in [0.3, 0.4) is 0 Å². The quantitative estimate of drug-likeness (QED) is 0.533. The second-order valence-corrected chi connectivity index (χ2v) is 8.02. The maximum atomic E-state index is 12.5. The summed E-state index contributed by atoms with van der Waals surface area (Å²) >= 11 is 5.31. The Morgan fingerprint density at radius 3 is 2.57 bits per heavy atom. The van der Waals surface area contributed by atoms with E-state index in [4.69, 9.17) is 12.2 Å². The largest absolute Gasteiger partial charge is 0.332 e. The van der Waals surface area contributed by atoms with Gasteiger partial charge in [0.1, 0.15) is 0 Å². The summed E-state index contributed by atoms with van der Waals surface area (Å²) in [7, 11) is 0. The van der Waals surface area contributed by atoms with Crippen molar-refractivity contribution in [2.24, 2.45) is 5.92 Å². The SMILES string of the molecule is Cc1ccc(NC(=S)NC(=O)Cc2cccc3ccccc23)cc1NC(=O)C1CC1. The van der Waals surface area contributed by atoms with Crippen LogP contribution in [0.15, 0.2) is 60.7 Å². The molecule has 4 rings (SSSR count). The Labute approximate surface area is 180 Å². The first kappa shape index (κ1) is 20.0. The molecule has 1 fully saturated rings. The van der Waals surface area contributed by atoms with Gasteiger partial charge in [-0.1, -0.05) is 48.5 Å². The van der Waals surface area contributed by atoms with Gasteiger partial charge in [-0.15, -0.1) is 0 Å². The van der Waals surface area contributed by atoms with Gasteiger partial charge in [0.15, 0.2) is 5.11 Å². The van der Waals surface area contributed by atoms with Gasteiger partial charge in [0, 0.05) is 17.3 Å². The van der Waals surface area contributed by atoms with Crippen molar-refractivity contribution in [3.8, 4) is 0 Å². The highest BCUT2D eigenvalue weighted by Crippen LogP contribution is 2.31. The number of thiocarbonyl (C=S) groups is 1. The Balaban J connectivity index is 1.38. The van der Waals surface area contributed by atoms with Gasteiger partial charge in [-0.25, -0.2) is 0 Å². The van der Waals surface area contributed by atoms with Crippen molar-refractivity contribution in [1.82, 2.24) is 5.32 Å². The lowest BCUT2D eigenvalue weighted by molar-refractivity contribution is -0.119. The van der Waals surface area contributed by atoms with Gasteiger partial charge in [-0.2, -0.15) is 0 Å². The first-order valence-electron chi connectivity index (χ1n) is 9.98. The maximum Gasteiger partial charge on any atom is 0.230 e. The average Bonchev–Trinajstić information content (AvgIpc) is 3.56. The normalized spacial score (nSPS) is 13.0. The van der Waals surface area contributed by atoms with E-state index in [9.17, 15) is 9.59 Å². The second-order valence-electron chi connectivity index (χ2n) is 7.61. The van der Waals surface area contributed by atoms with E-state index in [1.807, 2.05) is 67.6 Å². The van der Waals surface area contributed by atoms with E-state index in [2.05, 4.69) is 16.0 Å². The van der Waals surface area contributed by atoms with Crippen molar-refractivity contribution in [2.45, 2.75) is 26.2 Å². The van der Waals surface area contributed by atoms with Crippen LogP contribution in [0, 0.1) is 12.8 Å². The number of rotatable bonds is 5. The van der Waals surface area contributed by atoms with Crippen LogP contribution in [-0.2, 0) is 16.0 Å². The van der Waals surface area contributed by atoms with Gasteiger partial charge in [0.25, 0.3) is 0 Å². The fourth-order valence-corrected chi connectivity index (χ4v) is 3.60. The third-order valence-electron chi connectivity index (χ3n) is 5.19. The minimum absolute atomic E-state index is 0.0567. The van der Waals surface area contributed by atoms with Gasteiger partial charge in [0.2, 0.25) is 11.8 Å².